The molecule has 0 radical (unpaired) electrons. The van der Waals surface area contributed by atoms with Crippen LogP contribution in [-0.2, 0) is 0 Å². The standard InChI is InChI=1S/C14H11N7S/c1-9-16-8-13(22-9)11-4-2-3-5-12(11)17-7-10(6-15)14-18-20-21-19-14/h2-5,7-8,17H,1H3,(H,18,19,20,21). The van der Waals surface area contributed by atoms with Crippen molar-refractivity contribution in [3.8, 4) is 16.5 Å². The molecule has 22 heavy (non-hydrogen) atoms. The molecule has 3 aromatic rings. The Hall–Kier alpha value is -3.05. The predicted molar refractivity (Wildman–Crippen MR) is 83.7 cm³/mol. The van der Waals surface area contributed by atoms with Gasteiger partial charge in [0, 0.05) is 23.6 Å². The topological polar surface area (TPSA) is 103 Å². The molecule has 0 spiro atoms. The lowest BCUT2D eigenvalue weighted by molar-refractivity contribution is 0.881. The highest BCUT2D eigenvalue weighted by molar-refractivity contribution is 7.15. The van der Waals surface area contributed by atoms with E-state index in [0.29, 0.717) is 5.57 Å². The van der Waals surface area contributed by atoms with Crippen LogP contribution in [0.5, 0.6) is 0 Å². The monoisotopic (exact) mass is 309 g/mol. The minimum absolute atomic E-state index is 0.251. The first-order valence-electron chi connectivity index (χ1n) is 6.40. The molecular formula is C14H11N7S. The summed E-state index contributed by atoms with van der Waals surface area (Å²) in [6.45, 7) is 1.97. The number of aromatic amines is 1. The van der Waals surface area contributed by atoms with Gasteiger partial charge in [-0.3, -0.25) is 0 Å². The number of nitriles is 1. The molecule has 2 heterocycles. The second-order valence-corrected chi connectivity index (χ2v) is 5.57. The van der Waals surface area contributed by atoms with E-state index in [2.05, 4.69) is 30.9 Å². The van der Waals surface area contributed by atoms with Gasteiger partial charge in [-0.05, 0) is 18.2 Å². The Kier molecular flexibility index (Phi) is 3.89. The van der Waals surface area contributed by atoms with E-state index >= 15 is 0 Å². The summed E-state index contributed by atoms with van der Waals surface area (Å²) < 4.78 is 0. The molecule has 0 atom stereocenters. The molecule has 108 valence electrons. The van der Waals surface area contributed by atoms with Crippen LogP contribution in [0.4, 0.5) is 5.69 Å². The van der Waals surface area contributed by atoms with Crippen molar-refractivity contribution in [2.75, 3.05) is 5.32 Å². The van der Waals surface area contributed by atoms with Crippen molar-refractivity contribution >= 4 is 22.6 Å². The first-order valence-corrected chi connectivity index (χ1v) is 7.22. The number of anilines is 1. The van der Waals surface area contributed by atoms with Crippen molar-refractivity contribution in [2.45, 2.75) is 6.92 Å². The number of hydrogen-bond acceptors (Lipinski definition) is 7. The molecule has 0 amide bonds. The number of tetrazole rings is 1. The second kappa shape index (κ2) is 6.15. The van der Waals surface area contributed by atoms with Crippen molar-refractivity contribution in [1.82, 2.24) is 25.6 Å². The van der Waals surface area contributed by atoms with Crippen molar-refractivity contribution < 1.29 is 0 Å². The number of H-pyrrole nitrogens is 1. The summed E-state index contributed by atoms with van der Waals surface area (Å²) in [6, 6.07) is 9.87. The Morgan fingerprint density at radius 1 is 1.41 bits per heavy atom. The molecule has 7 nitrogen and oxygen atoms in total. The molecule has 0 aliphatic carbocycles. The van der Waals surface area contributed by atoms with Gasteiger partial charge in [0.1, 0.15) is 11.6 Å². The highest BCUT2D eigenvalue weighted by Gasteiger charge is 2.09. The summed E-state index contributed by atoms with van der Waals surface area (Å²) in [5.74, 6) is 0.251. The Morgan fingerprint density at radius 3 is 2.95 bits per heavy atom. The number of para-hydroxylation sites is 1. The minimum Gasteiger partial charge on any atom is -0.360 e. The lowest BCUT2D eigenvalue weighted by atomic mass is 10.1. The highest BCUT2D eigenvalue weighted by atomic mass is 32.1. The van der Waals surface area contributed by atoms with Crippen LogP contribution in [0.1, 0.15) is 10.8 Å². The fourth-order valence-electron chi connectivity index (χ4n) is 1.88. The zero-order valence-corrected chi connectivity index (χ0v) is 12.4. The second-order valence-electron chi connectivity index (χ2n) is 4.34. The maximum atomic E-state index is 9.18. The van der Waals surface area contributed by atoms with Gasteiger partial charge in [-0.15, -0.1) is 21.5 Å². The lowest BCUT2D eigenvalue weighted by Crippen LogP contribution is -1.94. The number of aryl methyl sites for hydroxylation is 1. The van der Waals surface area contributed by atoms with E-state index in [4.69, 9.17) is 0 Å². The van der Waals surface area contributed by atoms with Crippen LogP contribution < -0.4 is 5.32 Å². The van der Waals surface area contributed by atoms with E-state index < -0.39 is 0 Å². The number of nitrogens with one attached hydrogen (secondary N) is 2. The number of benzene rings is 1. The fourth-order valence-corrected chi connectivity index (χ4v) is 2.70. The molecule has 1 aromatic carbocycles. The zero-order valence-electron chi connectivity index (χ0n) is 11.6. The van der Waals surface area contributed by atoms with Gasteiger partial charge in [-0.1, -0.05) is 18.2 Å². The van der Waals surface area contributed by atoms with Crippen LogP contribution in [0.2, 0.25) is 0 Å². The van der Waals surface area contributed by atoms with Crippen LogP contribution in [0.3, 0.4) is 0 Å². The molecule has 2 N–H and O–H groups in total. The first-order chi connectivity index (χ1) is 10.8. The molecule has 8 heteroatoms. The summed E-state index contributed by atoms with van der Waals surface area (Å²) in [5.41, 5.74) is 2.20. The first kappa shape index (κ1) is 13.9. The molecule has 0 aliphatic heterocycles. The van der Waals surface area contributed by atoms with Crippen molar-refractivity contribution in [2.24, 2.45) is 0 Å². The average Bonchev–Trinajstić information content (AvgIpc) is 3.20. The van der Waals surface area contributed by atoms with E-state index in [9.17, 15) is 5.26 Å². The number of thiazole rings is 1. The van der Waals surface area contributed by atoms with Crippen molar-refractivity contribution in [1.29, 1.82) is 5.26 Å². The third-order valence-electron chi connectivity index (χ3n) is 2.89. The number of rotatable bonds is 4. The van der Waals surface area contributed by atoms with Crippen LogP contribution in [0.25, 0.3) is 16.0 Å². The molecule has 0 bridgehead atoms. The Balaban J connectivity index is 1.92. The molecule has 2 aromatic heterocycles. The summed E-state index contributed by atoms with van der Waals surface area (Å²) in [6.07, 6.45) is 3.41. The summed E-state index contributed by atoms with van der Waals surface area (Å²) in [4.78, 5) is 5.34. The molecule has 3 rings (SSSR count). The van der Waals surface area contributed by atoms with Gasteiger partial charge in [0.15, 0.2) is 0 Å². The lowest BCUT2D eigenvalue weighted by Gasteiger charge is -2.07. The van der Waals surface area contributed by atoms with Crippen molar-refractivity contribution in [3.63, 3.8) is 0 Å². The smallest absolute Gasteiger partial charge is 0.216 e. The maximum Gasteiger partial charge on any atom is 0.216 e. The molecule has 0 saturated heterocycles. The van der Waals surface area contributed by atoms with Gasteiger partial charge in [-0.25, -0.2) is 4.98 Å². The van der Waals surface area contributed by atoms with Crippen LogP contribution in [-0.4, -0.2) is 25.6 Å². The van der Waals surface area contributed by atoms with E-state index in [0.717, 1.165) is 21.1 Å². The van der Waals surface area contributed by atoms with Crippen LogP contribution in [0, 0.1) is 18.3 Å². The van der Waals surface area contributed by atoms with Crippen LogP contribution >= 0.6 is 11.3 Å². The predicted octanol–water partition coefficient (Wildman–Crippen LogP) is 2.61. The number of aromatic nitrogens is 5. The summed E-state index contributed by atoms with van der Waals surface area (Å²) in [7, 11) is 0. The SMILES string of the molecule is Cc1ncc(-c2ccccc2NC=C(C#N)c2nn[nH]n2)s1. The quantitative estimate of drug-likeness (QED) is 0.718. The van der Waals surface area contributed by atoms with E-state index in [1.54, 1.807) is 17.5 Å². The Labute approximate surface area is 130 Å². The Bertz CT molecular complexity index is 842. The number of hydrogen-bond donors (Lipinski definition) is 2. The highest BCUT2D eigenvalue weighted by Crippen LogP contribution is 2.32. The molecule has 0 fully saturated rings. The summed E-state index contributed by atoms with van der Waals surface area (Å²) in [5, 5.41) is 26.7. The zero-order chi connectivity index (χ0) is 15.4. The van der Waals surface area contributed by atoms with Crippen molar-refractivity contribution in [3.05, 3.63) is 47.5 Å². The van der Waals surface area contributed by atoms with Gasteiger partial charge in [-0.2, -0.15) is 10.5 Å². The van der Waals surface area contributed by atoms with Gasteiger partial charge < -0.3 is 5.32 Å². The maximum absolute atomic E-state index is 9.18. The molecule has 0 aliphatic rings. The van der Waals surface area contributed by atoms with Crippen LogP contribution in [0.15, 0.2) is 36.7 Å². The minimum atomic E-state index is 0.251. The normalized spacial score (nSPS) is 11.2. The van der Waals surface area contributed by atoms with E-state index in [-0.39, 0.29) is 5.82 Å². The molecule has 0 saturated carbocycles. The van der Waals surface area contributed by atoms with Gasteiger partial charge in [0.25, 0.3) is 0 Å². The largest absolute Gasteiger partial charge is 0.360 e. The third kappa shape index (κ3) is 2.84. The molecular weight excluding hydrogens is 298 g/mol. The summed E-state index contributed by atoms with van der Waals surface area (Å²) >= 11 is 1.62. The number of allylic oxidation sites excluding steroid dienone is 1. The van der Waals surface area contributed by atoms with Gasteiger partial charge in [0.2, 0.25) is 5.82 Å². The number of nitrogens with zero attached hydrogens (tertiary/aromatic N) is 5. The van der Waals surface area contributed by atoms with Gasteiger partial charge in [0.05, 0.1) is 9.88 Å². The molecule has 0 unspecified atom stereocenters. The van der Waals surface area contributed by atoms with Gasteiger partial charge >= 0.3 is 0 Å². The fraction of sp³-hybridized carbons (Fsp3) is 0.0714. The Morgan fingerprint density at radius 2 is 2.27 bits per heavy atom. The van der Waals surface area contributed by atoms with E-state index in [1.807, 2.05) is 43.5 Å². The third-order valence-corrected chi connectivity index (χ3v) is 3.84. The van der Waals surface area contributed by atoms with E-state index in [1.165, 1.54) is 0 Å². The average molecular weight is 309 g/mol.